The van der Waals surface area contributed by atoms with Gasteiger partial charge in [-0.3, -0.25) is 9.69 Å². The molecule has 0 aromatic rings. The van der Waals surface area contributed by atoms with Gasteiger partial charge in [0, 0.05) is 25.2 Å². The first kappa shape index (κ1) is 12.4. The van der Waals surface area contributed by atoms with Crippen LogP contribution in [-0.2, 0) is 4.79 Å². The van der Waals surface area contributed by atoms with E-state index >= 15 is 0 Å². The van der Waals surface area contributed by atoms with E-state index in [-0.39, 0.29) is 5.91 Å². The zero-order valence-corrected chi connectivity index (χ0v) is 11.2. The van der Waals surface area contributed by atoms with Crippen molar-refractivity contribution in [3.05, 3.63) is 0 Å². The highest BCUT2D eigenvalue weighted by molar-refractivity contribution is 5.78. The number of nitrogens with zero attached hydrogens (tertiary/aromatic N) is 1. The number of piperidine rings is 1. The highest BCUT2D eigenvalue weighted by Crippen LogP contribution is 2.24. The van der Waals surface area contributed by atoms with Crippen LogP contribution in [0.2, 0.25) is 0 Å². The number of likely N-dealkylation sites (tertiary alicyclic amines) is 1. The summed E-state index contributed by atoms with van der Waals surface area (Å²) in [7, 11) is 0. The molecule has 2 unspecified atom stereocenters. The van der Waals surface area contributed by atoms with Crippen molar-refractivity contribution in [2.75, 3.05) is 26.2 Å². The second-order valence-electron chi connectivity index (χ2n) is 6.21. The topological polar surface area (TPSA) is 44.4 Å². The van der Waals surface area contributed by atoms with Gasteiger partial charge < -0.3 is 10.6 Å². The molecule has 1 saturated carbocycles. The standard InChI is InChI=1S/C14H25N3O/c18-14(16-12-5-1-2-6-12)10-17-8-11-4-3-7-15-13(11)9-17/h11-13,15H,1-10H2,(H,16,18). The van der Waals surface area contributed by atoms with Crippen molar-refractivity contribution in [1.82, 2.24) is 15.5 Å². The van der Waals surface area contributed by atoms with Crippen molar-refractivity contribution in [3.63, 3.8) is 0 Å². The minimum Gasteiger partial charge on any atom is -0.352 e. The van der Waals surface area contributed by atoms with Crippen LogP contribution in [0.3, 0.4) is 0 Å². The van der Waals surface area contributed by atoms with Gasteiger partial charge in [-0.15, -0.1) is 0 Å². The molecule has 3 fully saturated rings. The number of hydrogen-bond acceptors (Lipinski definition) is 3. The number of hydrogen-bond donors (Lipinski definition) is 2. The fourth-order valence-corrected chi connectivity index (χ4v) is 3.81. The van der Waals surface area contributed by atoms with Gasteiger partial charge in [-0.05, 0) is 38.1 Å². The Bertz CT molecular complexity index is 287. The molecule has 2 heterocycles. The van der Waals surface area contributed by atoms with E-state index in [1.807, 2.05) is 0 Å². The van der Waals surface area contributed by atoms with E-state index in [0.717, 1.165) is 25.6 Å². The highest BCUT2D eigenvalue weighted by atomic mass is 16.2. The molecule has 0 aromatic heterocycles. The zero-order valence-electron chi connectivity index (χ0n) is 11.2. The van der Waals surface area contributed by atoms with E-state index in [1.54, 1.807) is 0 Å². The molecule has 1 amide bonds. The van der Waals surface area contributed by atoms with Crippen molar-refractivity contribution < 1.29 is 4.79 Å². The maximum absolute atomic E-state index is 12.0. The summed E-state index contributed by atoms with van der Waals surface area (Å²) in [5.41, 5.74) is 0. The first-order chi connectivity index (χ1) is 8.81. The molecule has 3 aliphatic rings. The van der Waals surface area contributed by atoms with E-state index in [0.29, 0.717) is 18.6 Å². The molecular formula is C14H25N3O. The van der Waals surface area contributed by atoms with Gasteiger partial charge in [-0.2, -0.15) is 0 Å². The maximum Gasteiger partial charge on any atom is 0.234 e. The summed E-state index contributed by atoms with van der Waals surface area (Å²) in [4.78, 5) is 14.3. The van der Waals surface area contributed by atoms with Crippen LogP contribution in [0.4, 0.5) is 0 Å². The summed E-state index contributed by atoms with van der Waals surface area (Å²) < 4.78 is 0. The molecule has 2 atom stereocenters. The van der Waals surface area contributed by atoms with Gasteiger partial charge in [0.05, 0.1) is 6.54 Å². The molecule has 2 aliphatic heterocycles. The van der Waals surface area contributed by atoms with Crippen molar-refractivity contribution in [3.8, 4) is 0 Å². The van der Waals surface area contributed by atoms with E-state index in [2.05, 4.69) is 15.5 Å². The Morgan fingerprint density at radius 3 is 2.78 bits per heavy atom. The van der Waals surface area contributed by atoms with Crippen molar-refractivity contribution in [2.24, 2.45) is 5.92 Å². The van der Waals surface area contributed by atoms with Crippen LogP contribution < -0.4 is 10.6 Å². The fourth-order valence-electron chi connectivity index (χ4n) is 3.81. The molecular weight excluding hydrogens is 226 g/mol. The Morgan fingerprint density at radius 1 is 1.17 bits per heavy atom. The normalized spacial score (nSPS) is 33.6. The largest absolute Gasteiger partial charge is 0.352 e. The molecule has 4 nitrogen and oxygen atoms in total. The summed E-state index contributed by atoms with van der Waals surface area (Å²) in [6.07, 6.45) is 7.55. The van der Waals surface area contributed by atoms with E-state index in [4.69, 9.17) is 0 Å². The minimum atomic E-state index is 0.237. The van der Waals surface area contributed by atoms with Crippen molar-refractivity contribution >= 4 is 5.91 Å². The smallest absolute Gasteiger partial charge is 0.234 e. The third kappa shape index (κ3) is 2.86. The van der Waals surface area contributed by atoms with Gasteiger partial charge in [0.25, 0.3) is 0 Å². The van der Waals surface area contributed by atoms with Crippen LogP contribution in [0.5, 0.6) is 0 Å². The van der Waals surface area contributed by atoms with Gasteiger partial charge in [0.1, 0.15) is 0 Å². The lowest BCUT2D eigenvalue weighted by molar-refractivity contribution is -0.122. The fraction of sp³-hybridized carbons (Fsp3) is 0.929. The lowest BCUT2D eigenvalue weighted by Crippen LogP contribution is -2.42. The SMILES string of the molecule is O=C(CN1CC2CCCNC2C1)NC1CCCC1. The number of amides is 1. The van der Waals surface area contributed by atoms with Gasteiger partial charge in [0.15, 0.2) is 0 Å². The van der Waals surface area contributed by atoms with Crippen LogP contribution in [0, 0.1) is 5.92 Å². The Morgan fingerprint density at radius 2 is 2.00 bits per heavy atom. The quantitative estimate of drug-likeness (QED) is 0.777. The number of carbonyl (C=O) groups is 1. The monoisotopic (exact) mass is 251 g/mol. The predicted octanol–water partition coefficient (Wildman–Crippen LogP) is 0.729. The Hall–Kier alpha value is -0.610. The maximum atomic E-state index is 12.0. The molecule has 3 rings (SSSR count). The average Bonchev–Trinajstić information content (AvgIpc) is 2.96. The number of rotatable bonds is 3. The van der Waals surface area contributed by atoms with Crippen LogP contribution in [-0.4, -0.2) is 49.1 Å². The van der Waals surface area contributed by atoms with Gasteiger partial charge >= 0.3 is 0 Å². The lowest BCUT2D eigenvalue weighted by Gasteiger charge is -2.24. The molecule has 2 saturated heterocycles. The average molecular weight is 251 g/mol. The molecule has 2 N–H and O–H groups in total. The van der Waals surface area contributed by atoms with Gasteiger partial charge in [0.2, 0.25) is 5.91 Å². The molecule has 0 bridgehead atoms. The number of nitrogens with one attached hydrogen (secondary N) is 2. The molecule has 18 heavy (non-hydrogen) atoms. The predicted molar refractivity (Wildman–Crippen MR) is 71.4 cm³/mol. The molecule has 1 aliphatic carbocycles. The van der Waals surface area contributed by atoms with Gasteiger partial charge in [-0.25, -0.2) is 0 Å². The first-order valence-electron chi connectivity index (χ1n) is 7.56. The number of fused-ring (bicyclic) bond motifs is 1. The van der Waals surface area contributed by atoms with Crippen LogP contribution >= 0.6 is 0 Å². The Kier molecular flexibility index (Phi) is 3.85. The third-order valence-electron chi connectivity index (χ3n) is 4.76. The summed E-state index contributed by atoms with van der Waals surface area (Å²) in [5.74, 6) is 1.01. The Labute approximate surface area is 109 Å². The summed E-state index contributed by atoms with van der Waals surface area (Å²) in [5, 5.41) is 6.77. The minimum absolute atomic E-state index is 0.237. The van der Waals surface area contributed by atoms with Crippen LogP contribution in [0.15, 0.2) is 0 Å². The Balaban J connectivity index is 1.43. The first-order valence-corrected chi connectivity index (χ1v) is 7.56. The molecule has 4 heteroatoms. The van der Waals surface area contributed by atoms with Crippen LogP contribution in [0.25, 0.3) is 0 Å². The zero-order chi connectivity index (χ0) is 12.4. The molecule has 0 spiro atoms. The van der Waals surface area contributed by atoms with Gasteiger partial charge in [-0.1, -0.05) is 12.8 Å². The summed E-state index contributed by atoms with van der Waals surface area (Å²) in [6, 6.07) is 1.10. The number of carbonyl (C=O) groups excluding carboxylic acids is 1. The van der Waals surface area contributed by atoms with E-state index in [9.17, 15) is 4.79 Å². The second kappa shape index (κ2) is 5.57. The second-order valence-corrected chi connectivity index (χ2v) is 6.21. The molecule has 102 valence electrons. The van der Waals surface area contributed by atoms with E-state index < -0.39 is 0 Å². The third-order valence-corrected chi connectivity index (χ3v) is 4.76. The van der Waals surface area contributed by atoms with Crippen molar-refractivity contribution in [2.45, 2.75) is 50.6 Å². The summed E-state index contributed by atoms with van der Waals surface area (Å²) >= 11 is 0. The highest BCUT2D eigenvalue weighted by Gasteiger charge is 2.34. The molecule has 0 aromatic carbocycles. The van der Waals surface area contributed by atoms with Crippen molar-refractivity contribution in [1.29, 1.82) is 0 Å². The van der Waals surface area contributed by atoms with Crippen LogP contribution in [0.1, 0.15) is 38.5 Å². The molecule has 0 radical (unpaired) electrons. The lowest BCUT2D eigenvalue weighted by atomic mass is 9.94. The summed E-state index contributed by atoms with van der Waals surface area (Å²) in [6.45, 7) is 3.92. The van der Waals surface area contributed by atoms with E-state index in [1.165, 1.54) is 38.5 Å².